The second-order valence-corrected chi connectivity index (χ2v) is 5.37. The Morgan fingerprint density at radius 2 is 1.96 bits per heavy atom. The summed E-state index contributed by atoms with van der Waals surface area (Å²) in [6.45, 7) is 0.390. The first-order chi connectivity index (χ1) is 12.3. The number of hydrogen-bond acceptors (Lipinski definition) is 8. The minimum Gasteiger partial charge on any atom is -0.379 e. The van der Waals surface area contributed by atoms with Crippen LogP contribution < -0.4 is 16.0 Å². The second-order valence-electron chi connectivity index (χ2n) is 5.37. The van der Waals surface area contributed by atoms with Crippen LogP contribution in [-0.4, -0.2) is 35.6 Å². The van der Waals surface area contributed by atoms with E-state index < -0.39 is 18.0 Å². The van der Waals surface area contributed by atoms with Crippen LogP contribution in [0.3, 0.4) is 0 Å². The molecule has 3 N–H and O–H groups in total. The Kier molecular flexibility index (Phi) is 6.37. The Labute approximate surface area is 147 Å². The number of hydrogen-bond donors (Lipinski definition) is 3. The van der Waals surface area contributed by atoms with Crippen LogP contribution >= 0.6 is 0 Å². The van der Waals surface area contributed by atoms with Crippen molar-refractivity contribution < 1.29 is 17.8 Å². The zero-order chi connectivity index (χ0) is 19.2. The minimum absolute atomic E-state index is 0.139. The van der Waals surface area contributed by atoms with Crippen molar-refractivity contribution in [2.45, 2.75) is 25.6 Å². The van der Waals surface area contributed by atoms with E-state index in [4.69, 9.17) is 9.89 Å². The molecule has 0 radical (unpaired) electrons. The van der Waals surface area contributed by atoms with Crippen molar-refractivity contribution in [3.05, 3.63) is 41.2 Å². The summed E-state index contributed by atoms with van der Waals surface area (Å²) in [7, 11) is 3.29. The number of aromatic nitrogens is 2. The number of anilines is 1. The lowest BCUT2D eigenvalue weighted by molar-refractivity contribution is -0.137. The lowest BCUT2D eigenvalue weighted by Crippen LogP contribution is -2.49. The van der Waals surface area contributed by atoms with Crippen molar-refractivity contribution in [2.75, 3.05) is 19.4 Å². The van der Waals surface area contributed by atoms with Crippen LogP contribution in [0.25, 0.3) is 0 Å². The zero-order valence-corrected chi connectivity index (χ0v) is 14.1. The molecule has 8 nitrogen and oxygen atoms in total. The maximum Gasteiger partial charge on any atom is 0.416 e. The fraction of sp³-hybridized carbons (Fsp3) is 0.400. The molecule has 26 heavy (non-hydrogen) atoms. The van der Waals surface area contributed by atoms with Crippen LogP contribution in [0.5, 0.6) is 0 Å². The molecule has 2 aromatic rings. The van der Waals surface area contributed by atoms with Crippen molar-refractivity contribution in [1.82, 2.24) is 25.8 Å². The van der Waals surface area contributed by atoms with Crippen molar-refractivity contribution in [2.24, 2.45) is 0 Å². The average molecular weight is 369 g/mol. The summed E-state index contributed by atoms with van der Waals surface area (Å²) in [5, 5.41) is 25.3. The van der Waals surface area contributed by atoms with Crippen LogP contribution in [0.4, 0.5) is 18.9 Å². The Bertz CT molecular complexity index is 756. The Hall–Kier alpha value is -2.84. The van der Waals surface area contributed by atoms with Gasteiger partial charge in [-0.1, -0.05) is 16.4 Å². The van der Waals surface area contributed by atoms with Gasteiger partial charge in [0.2, 0.25) is 0 Å². The molecule has 1 aromatic carbocycles. The number of nitrogens with zero attached hydrogens (tertiary/aromatic N) is 4. The van der Waals surface area contributed by atoms with Gasteiger partial charge in [-0.3, -0.25) is 15.5 Å². The molecule has 0 spiro atoms. The Morgan fingerprint density at radius 1 is 1.27 bits per heavy atom. The molecule has 0 fully saturated rings. The lowest BCUT2D eigenvalue weighted by Gasteiger charge is -2.23. The number of nitriles is 1. The second kappa shape index (κ2) is 8.50. The largest absolute Gasteiger partial charge is 0.416 e. The zero-order valence-electron chi connectivity index (χ0n) is 14.1. The fourth-order valence-electron chi connectivity index (χ4n) is 2.17. The SMILES string of the molecule is CNC(NCc1nonc1CNc1cccc(C(F)(F)F)c1)N(C)C#N. The normalized spacial score (nSPS) is 12.5. The van der Waals surface area contributed by atoms with Crippen molar-refractivity contribution in [3.63, 3.8) is 0 Å². The highest BCUT2D eigenvalue weighted by Crippen LogP contribution is 2.30. The molecule has 1 heterocycles. The van der Waals surface area contributed by atoms with Crippen molar-refractivity contribution in [3.8, 4) is 6.19 Å². The molecule has 0 aliphatic rings. The Morgan fingerprint density at radius 3 is 2.58 bits per heavy atom. The van der Waals surface area contributed by atoms with Crippen LogP contribution in [0, 0.1) is 11.5 Å². The highest BCUT2D eigenvalue weighted by Gasteiger charge is 2.30. The third kappa shape index (κ3) is 5.08. The highest BCUT2D eigenvalue weighted by molar-refractivity contribution is 5.46. The quantitative estimate of drug-likeness (QED) is 0.367. The third-order valence-electron chi connectivity index (χ3n) is 3.57. The van der Waals surface area contributed by atoms with Gasteiger partial charge in [0, 0.05) is 19.3 Å². The van der Waals surface area contributed by atoms with Crippen LogP contribution in [0.15, 0.2) is 28.9 Å². The van der Waals surface area contributed by atoms with E-state index in [2.05, 4.69) is 26.3 Å². The molecular weight excluding hydrogens is 351 g/mol. The summed E-state index contributed by atoms with van der Waals surface area (Å²) < 4.78 is 42.9. The number of halogens is 3. The molecule has 1 aromatic heterocycles. The molecule has 11 heteroatoms. The van der Waals surface area contributed by atoms with Gasteiger partial charge in [-0.25, -0.2) is 4.63 Å². The van der Waals surface area contributed by atoms with Gasteiger partial charge < -0.3 is 5.32 Å². The van der Waals surface area contributed by atoms with E-state index in [1.54, 1.807) is 14.1 Å². The van der Waals surface area contributed by atoms with Gasteiger partial charge in [-0.2, -0.15) is 18.4 Å². The number of benzene rings is 1. The number of nitrogens with one attached hydrogen (secondary N) is 3. The van der Waals surface area contributed by atoms with Crippen LogP contribution in [0.1, 0.15) is 17.0 Å². The van der Waals surface area contributed by atoms with Gasteiger partial charge in [-0.05, 0) is 25.2 Å². The molecule has 0 aliphatic heterocycles. The van der Waals surface area contributed by atoms with Gasteiger partial charge in [0.25, 0.3) is 0 Å². The summed E-state index contributed by atoms with van der Waals surface area (Å²) in [5.74, 6) is 0. The van der Waals surface area contributed by atoms with Gasteiger partial charge in [0.05, 0.1) is 12.1 Å². The van der Waals surface area contributed by atoms with E-state index in [1.165, 1.54) is 17.0 Å². The van der Waals surface area contributed by atoms with E-state index >= 15 is 0 Å². The molecule has 0 aliphatic carbocycles. The molecule has 2 rings (SSSR count). The van der Waals surface area contributed by atoms with E-state index in [0.717, 1.165) is 12.1 Å². The van der Waals surface area contributed by atoms with Gasteiger partial charge in [-0.15, -0.1) is 0 Å². The highest BCUT2D eigenvalue weighted by atomic mass is 19.4. The lowest BCUT2D eigenvalue weighted by atomic mass is 10.2. The first-order valence-corrected chi connectivity index (χ1v) is 7.59. The van der Waals surface area contributed by atoms with Crippen molar-refractivity contribution >= 4 is 5.69 Å². The van der Waals surface area contributed by atoms with Gasteiger partial charge in [0.1, 0.15) is 17.7 Å². The average Bonchev–Trinajstić information content (AvgIpc) is 3.07. The minimum atomic E-state index is -4.41. The maximum atomic E-state index is 12.7. The van der Waals surface area contributed by atoms with E-state index in [-0.39, 0.29) is 13.1 Å². The monoisotopic (exact) mass is 369 g/mol. The van der Waals surface area contributed by atoms with Gasteiger partial charge in [0.15, 0.2) is 6.19 Å². The fourth-order valence-corrected chi connectivity index (χ4v) is 2.17. The van der Waals surface area contributed by atoms with E-state index in [1.807, 2.05) is 6.19 Å². The molecular formula is C15H18F3N7O. The summed E-state index contributed by atoms with van der Waals surface area (Å²) in [5.41, 5.74) is 0.499. The smallest absolute Gasteiger partial charge is 0.379 e. The number of alkyl halides is 3. The molecule has 140 valence electrons. The number of rotatable bonds is 8. The summed E-state index contributed by atoms with van der Waals surface area (Å²) in [6.07, 6.45) is -2.85. The molecule has 0 bridgehead atoms. The maximum absolute atomic E-state index is 12.7. The first kappa shape index (κ1) is 19.5. The topological polar surface area (TPSA) is 102 Å². The first-order valence-electron chi connectivity index (χ1n) is 7.59. The predicted molar refractivity (Wildman–Crippen MR) is 86.1 cm³/mol. The van der Waals surface area contributed by atoms with Crippen LogP contribution in [0.2, 0.25) is 0 Å². The van der Waals surface area contributed by atoms with E-state index in [9.17, 15) is 13.2 Å². The van der Waals surface area contributed by atoms with Crippen LogP contribution in [-0.2, 0) is 19.3 Å². The van der Waals surface area contributed by atoms with Crippen molar-refractivity contribution in [1.29, 1.82) is 5.26 Å². The predicted octanol–water partition coefficient (Wildman–Crippen LogP) is 1.71. The summed E-state index contributed by atoms with van der Waals surface area (Å²) in [6, 6.07) is 4.87. The standard InChI is InChI=1S/C15H18F3N7O/c1-20-14(25(2)9-19)22-8-13-12(23-26-24-13)7-21-11-5-3-4-10(6-11)15(16,17)18/h3-6,14,20-22H,7-8H2,1-2H3. The Balaban J connectivity index is 1.98. The van der Waals surface area contributed by atoms with E-state index in [0.29, 0.717) is 17.1 Å². The summed E-state index contributed by atoms with van der Waals surface area (Å²) in [4.78, 5) is 1.37. The molecule has 1 atom stereocenters. The molecule has 0 amide bonds. The van der Waals surface area contributed by atoms with Gasteiger partial charge >= 0.3 is 6.18 Å². The third-order valence-corrected chi connectivity index (χ3v) is 3.57. The molecule has 1 unspecified atom stereocenters. The molecule has 0 saturated heterocycles. The molecule has 0 saturated carbocycles. The summed E-state index contributed by atoms with van der Waals surface area (Å²) >= 11 is 0.